The Morgan fingerprint density at radius 2 is 1.73 bits per heavy atom. The topological polar surface area (TPSA) is 75.4 Å². The molecule has 5 heteroatoms. The molecule has 112 valence electrons. The van der Waals surface area contributed by atoms with E-state index >= 15 is 0 Å². The molecular formula is C17H17N3O2. The molecule has 5 nitrogen and oxygen atoms in total. The number of anilines is 4. The van der Waals surface area contributed by atoms with E-state index in [9.17, 15) is 9.59 Å². The van der Waals surface area contributed by atoms with E-state index in [4.69, 9.17) is 5.73 Å². The Morgan fingerprint density at radius 1 is 1.05 bits per heavy atom. The summed E-state index contributed by atoms with van der Waals surface area (Å²) in [6.07, 6.45) is -0.183. The number of aryl methyl sites for hydroxylation is 1. The first-order valence-electron chi connectivity index (χ1n) is 7.06. The summed E-state index contributed by atoms with van der Waals surface area (Å²) in [6, 6.07) is 10.8. The molecule has 0 unspecified atom stereocenters. The maximum absolute atomic E-state index is 12.5. The second kappa shape index (κ2) is 5.18. The van der Waals surface area contributed by atoms with Gasteiger partial charge in [-0.05, 0) is 55.3 Å². The molecule has 22 heavy (non-hydrogen) atoms. The van der Waals surface area contributed by atoms with Crippen LogP contribution in [0, 0.1) is 13.8 Å². The summed E-state index contributed by atoms with van der Waals surface area (Å²) in [5.74, 6) is -0.554. The molecular weight excluding hydrogens is 278 g/mol. The molecule has 2 amide bonds. The number of nitrogens with two attached hydrogens (primary N) is 1. The van der Waals surface area contributed by atoms with Gasteiger partial charge in [-0.3, -0.25) is 14.5 Å². The maximum Gasteiger partial charge on any atom is 0.241 e. The predicted molar refractivity (Wildman–Crippen MR) is 87.2 cm³/mol. The molecule has 1 aliphatic heterocycles. The van der Waals surface area contributed by atoms with Gasteiger partial charge in [-0.15, -0.1) is 0 Å². The van der Waals surface area contributed by atoms with Gasteiger partial charge >= 0.3 is 0 Å². The highest BCUT2D eigenvalue weighted by molar-refractivity contribution is 6.17. The van der Waals surface area contributed by atoms with Crippen molar-refractivity contribution in [3.05, 3.63) is 47.5 Å². The van der Waals surface area contributed by atoms with Crippen LogP contribution in [0.25, 0.3) is 0 Å². The van der Waals surface area contributed by atoms with Crippen LogP contribution in [0.15, 0.2) is 36.4 Å². The van der Waals surface area contributed by atoms with Crippen LogP contribution in [0.1, 0.15) is 17.5 Å². The van der Waals surface area contributed by atoms with E-state index in [1.807, 2.05) is 26.0 Å². The van der Waals surface area contributed by atoms with E-state index in [1.54, 1.807) is 29.2 Å². The summed E-state index contributed by atoms with van der Waals surface area (Å²) in [5.41, 5.74) is 10.4. The van der Waals surface area contributed by atoms with Crippen molar-refractivity contribution in [3.8, 4) is 0 Å². The fourth-order valence-electron chi connectivity index (χ4n) is 2.59. The number of nitrogen functional groups attached to an aromatic ring is 1. The smallest absolute Gasteiger partial charge is 0.241 e. The lowest BCUT2D eigenvalue weighted by Crippen LogP contribution is -2.26. The number of rotatable bonds is 1. The van der Waals surface area contributed by atoms with Gasteiger partial charge in [0.15, 0.2) is 0 Å². The summed E-state index contributed by atoms with van der Waals surface area (Å²) in [5, 5.41) is 2.85. The summed E-state index contributed by atoms with van der Waals surface area (Å²) >= 11 is 0. The fraction of sp³-hybridized carbons (Fsp3) is 0.176. The van der Waals surface area contributed by atoms with Gasteiger partial charge in [0.25, 0.3) is 0 Å². The maximum atomic E-state index is 12.5. The van der Waals surface area contributed by atoms with Gasteiger partial charge in [-0.1, -0.05) is 6.07 Å². The van der Waals surface area contributed by atoms with Gasteiger partial charge in [0, 0.05) is 11.4 Å². The molecule has 0 fully saturated rings. The van der Waals surface area contributed by atoms with E-state index in [1.165, 1.54) is 0 Å². The summed E-state index contributed by atoms with van der Waals surface area (Å²) in [7, 11) is 0. The Morgan fingerprint density at radius 3 is 2.41 bits per heavy atom. The highest BCUT2D eigenvalue weighted by Crippen LogP contribution is 2.38. The lowest BCUT2D eigenvalue weighted by atomic mass is 10.1. The number of nitrogens with zero attached hydrogens (tertiary/aromatic N) is 1. The Labute approximate surface area is 128 Å². The van der Waals surface area contributed by atoms with Crippen LogP contribution in [0.3, 0.4) is 0 Å². The van der Waals surface area contributed by atoms with Crippen molar-refractivity contribution in [1.29, 1.82) is 0 Å². The van der Waals surface area contributed by atoms with Crippen molar-refractivity contribution in [1.82, 2.24) is 0 Å². The van der Waals surface area contributed by atoms with Gasteiger partial charge in [-0.25, -0.2) is 0 Å². The molecule has 0 atom stereocenters. The third-order valence-electron chi connectivity index (χ3n) is 3.93. The van der Waals surface area contributed by atoms with Crippen LogP contribution in [0.4, 0.5) is 22.7 Å². The lowest BCUT2D eigenvalue weighted by Gasteiger charge is -2.24. The normalized spacial score (nSPS) is 14.4. The minimum Gasteiger partial charge on any atom is -0.399 e. The van der Waals surface area contributed by atoms with Crippen LogP contribution in [0.5, 0.6) is 0 Å². The molecule has 1 aliphatic rings. The van der Waals surface area contributed by atoms with Crippen LogP contribution in [0.2, 0.25) is 0 Å². The minimum atomic E-state index is -0.294. The molecule has 0 saturated heterocycles. The molecule has 1 heterocycles. The summed E-state index contributed by atoms with van der Waals surface area (Å²) in [4.78, 5) is 26.0. The summed E-state index contributed by atoms with van der Waals surface area (Å²) < 4.78 is 0. The van der Waals surface area contributed by atoms with Crippen molar-refractivity contribution >= 4 is 34.6 Å². The zero-order chi connectivity index (χ0) is 15.9. The average molecular weight is 295 g/mol. The number of carbonyl (C=O) groups excluding carboxylic acids is 2. The van der Waals surface area contributed by atoms with Crippen molar-refractivity contribution < 1.29 is 9.59 Å². The van der Waals surface area contributed by atoms with Gasteiger partial charge < -0.3 is 11.1 Å². The predicted octanol–water partition coefficient (Wildman–Crippen LogP) is 2.89. The third kappa shape index (κ3) is 2.30. The molecule has 3 N–H and O–H groups in total. The zero-order valence-corrected chi connectivity index (χ0v) is 12.5. The molecule has 0 saturated carbocycles. The number of benzene rings is 2. The van der Waals surface area contributed by atoms with E-state index in [0.29, 0.717) is 22.7 Å². The molecule has 2 aromatic carbocycles. The fourth-order valence-corrected chi connectivity index (χ4v) is 2.59. The molecule has 3 rings (SSSR count). The van der Waals surface area contributed by atoms with Crippen molar-refractivity contribution in [2.24, 2.45) is 0 Å². The Hall–Kier alpha value is -2.82. The first kappa shape index (κ1) is 14.1. The van der Waals surface area contributed by atoms with Crippen LogP contribution in [-0.2, 0) is 9.59 Å². The van der Waals surface area contributed by atoms with Crippen molar-refractivity contribution in [2.45, 2.75) is 20.3 Å². The van der Waals surface area contributed by atoms with Gasteiger partial charge in [0.1, 0.15) is 6.42 Å². The first-order valence-corrected chi connectivity index (χ1v) is 7.06. The highest BCUT2D eigenvalue weighted by atomic mass is 16.2. The molecule has 0 aromatic heterocycles. The Kier molecular flexibility index (Phi) is 3.33. The Balaban J connectivity index is 2.21. The van der Waals surface area contributed by atoms with Crippen molar-refractivity contribution in [3.63, 3.8) is 0 Å². The Bertz CT molecular complexity index is 766. The lowest BCUT2D eigenvalue weighted by molar-refractivity contribution is -0.124. The summed E-state index contributed by atoms with van der Waals surface area (Å²) in [6.45, 7) is 3.91. The second-order valence-electron chi connectivity index (χ2n) is 5.45. The van der Waals surface area contributed by atoms with E-state index < -0.39 is 0 Å². The quantitative estimate of drug-likeness (QED) is 0.627. The van der Waals surface area contributed by atoms with Gasteiger partial charge in [0.2, 0.25) is 11.8 Å². The van der Waals surface area contributed by atoms with Gasteiger partial charge in [-0.2, -0.15) is 0 Å². The monoisotopic (exact) mass is 295 g/mol. The SMILES string of the molecule is Cc1ccc2c(c1C)NC(=O)CC(=O)N2c1ccc(N)cc1. The number of hydrogen-bond acceptors (Lipinski definition) is 3. The third-order valence-corrected chi connectivity index (χ3v) is 3.93. The zero-order valence-electron chi connectivity index (χ0n) is 12.5. The molecule has 2 aromatic rings. The number of nitrogens with one attached hydrogen (secondary N) is 1. The molecule has 0 aliphatic carbocycles. The molecule has 0 spiro atoms. The van der Waals surface area contributed by atoms with E-state index in [0.717, 1.165) is 11.1 Å². The van der Waals surface area contributed by atoms with E-state index in [2.05, 4.69) is 5.32 Å². The number of amides is 2. The average Bonchev–Trinajstić information content (AvgIpc) is 2.60. The van der Waals surface area contributed by atoms with Crippen LogP contribution >= 0.6 is 0 Å². The van der Waals surface area contributed by atoms with Crippen LogP contribution < -0.4 is 16.0 Å². The number of hydrogen-bond donors (Lipinski definition) is 2. The highest BCUT2D eigenvalue weighted by Gasteiger charge is 2.28. The standard InChI is InChI=1S/C17H17N3O2/c1-10-3-8-14-17(11(10)2)19-15(21)9-16(22)20(14)13-6-4-12(18)5-7-13/h3-8H,9,18H2,1-2H3,(H,19,21). The second-order valence-corrected chi connectivity index (χ2v) is 5.45. The molecule has 0 bridgehead atoms. The van der Waals surface area contributed by atoms with Crippen LogP contribution in [-0.4, -0.2) is 11.8 Å². The number of carbonyl (C=O) groups is 2. The molecule has 0 radical (unpaired) electrons. The van der Waals surface area contributed by atoms with E-state index in [-0.39, 0.29) is 18.2 Å². The largest absolute Gasteiger partial charge is 0.399 e. The number of fused-ring (bicyclic) bond motifs is 1. The first-order chi connectivity index (χ1) is 10.5. The minimum absolute atomic E-state index is 0.183. The van der Waals surface area contributed by atoms with Crippen molar-refractivity contribution in [2.75, 3.05) is 16.0 Å². The van der Waals surface area contributed by atoms with Gasteiger partial charge in [0.05, 0.1) is 11.4 Å².